The van der Waals surface area contributed by atoms with Crippen LogP contribution in [0, 0.1) is 0 Å². The Morgan fingerprint density at radius 2 is 1.85 bits per heavy atom. The first-order valence-electron chi connectivity index (χ1n) is 8.46. The fourth-order valence-corrected chi connectivity index (χ4v) is 3.05. The van der Waals surface area contributed by atoms with Crippen LogP contribution in [0.25, 0.3) is 0 Å². The Kier molecular flexibility index (Phi) is 5.40. The van der Waals surface area contributed by atoms with Crippen LogP contribution >= 0.6 is 0 Å². The maximum atomic E-state index is 12.8. The zero-order valence-electron chi connectivity index (χ0n) is 14.8. The molecule has 7 nitrogen and oxygen atoms in total. The molecule has 1 atom stereocenters. The smallest absolute Gasteiger partial charge is 0.348 e. The van der Waals surface area contributed by atoms with Crippen molar-refractivity contribution in [2.24, 2.45) is 0 Å². The van der Waals surface area contributed by atoms with E-state index in [1.165, 1.54) is 18.1 Å². The van der Waals surface area contributed by atoms with Crippen LogP contribution in [0.15, 0.2) is 48.5 Å². The molecule has 7 heteroatoms. The molecule has 140 valence electrons. The summed E-state index contributed by atoms with van der Waals surface area (Å²) < 4.78 is 10.4. The molecule has 2 aromatic carbocycles. The molecule has 1 heterocycles. The molecule has 0 spiro atoms. The van der Waals surface area contributed by atoms with E-state index in [-0.39, 0.29) is 30.9 Å². The predicted octanol–water partition coefficient (Wildman–Crippen LogP) is 2.28. The number of ether oxygens (including phenoxy) is 2. The number of amides is 1. The van der Waals surface area contributed by atoms with Crippen molar-refractivity contribution in [2.45, 2.75) is 18.9 Å². The molecule has 1 aliphatic heterocycles. The molecule has 0 saturated carbocycles. The van der Waals surface area contributed by atoms with Crippen molar-refractivity contribution in [3.8, 4) is 5.75 Å². The number of esters is 1. The van der Waals surface area contributed by atoms with Gasteiger partial charge < -0.3 is 19.5 Å². The number of carbonyl (C=O) groups is 3. The molecule has 1 amide bonds. The largest absolute Gasteiger partial charge is 0.478 e. The number of aryl methyl sites for hydroxylation is 1. The molecule has 0 bridgehead atoms. The van der Waals surface area contributed by atoms with E-state index >= 15 is 0 Å². The molecule has 0 radical (unpaired) electrons. The molecule has 0 aliphatic carbocycles. The van der Waals surface area contributed by atoms with Gasteiger partial charge in [-0.1, -0.05) is 30.3 Å². The third kappa shape index (κ3) is 3.92. The van der Waals surface area contributed by atoms with Crippen molar-refractivity contribution in [1.29, 1.82) is 0 Å². The van der Waals surface area contributed by atoms with Gasteiger partial charge >= 0.3 is 11.9 Å². The van der Waals surface area contributed by atoms with Crippen molar-refractivity contribution in [1.82, 2.24) is 0 Å². The minimum Gasteiger partial charge on any atom is -0.478 e. The highest BCUT2D eigenvalue weighted by atomic mass is 16.6. The zero-order chi connectivity index (χ0) is 19.4. The second-order valence-corrected chi connectivity index (χ2v) is 6.06. The van der Waals surface area contributed by atoms with Crippen molar-refractivity contribution < 1.29 is 29.0 Å². The van der Waals surface area contributed by atoms with E-state index in [1.54, 1.807) is 42.5 Å². The van der Waals surface area contributed by atoms with E-state index in [1.807, 2.05) is 0 Å². The zero-order valence-corrected chi connectivity index (χ0v) is 14.8. The summed E-state index contributed by atoms with van der Waals surface area (Å²) in [6, 6.07) is 13.6. The summed E-state index contributed by atoms with van der Waals surface area (Å²) in [6.07, 6.45) is -0.517. The lowest BCUT2D eigenvalue weighted by Gasteiger charge is -2.33. The number of carboxylic acids is 1. The number of aromatic carboxylic acids is 1. The van der Waals surface area contributed by atoms with Gasteiger partial charge in [0.25, 0.3) is 0 Å². The number of rotatable bonds is 5. The second-order valence-electron chi connectivity index (χ2n) is 6.06. The molecule has 27 heavy (non-hydrogen) atoms. The van der Waals surface area contributed by atoms with Gasteiger partial charge in [-0.2, -0.15) is 0 Å². The topological polar surface area (TPSA) is 93.1 Å². The van der Waals surface area contributed by atoms with E-state index in [0.29, 0.717) is 17.0 Å². The number of carboxylic acid groups (broad SMARTS) is 1. The van der Waals surface area contributed by atoms with Gasteiger partial charge in [0.15, 0.2) is 0 Å². The first-order valence-corrected chi connectivity index (χ1v) is 8.46. The van der Waals surface area contributed by atoms with Crippen molar-refractivity contribution in [2.75, 3.05) is 18.6 Å². The van der Waals surface area contributed by atoms with E-state index < -0.39 is 18.0 Å². The number of anilines is 1. The molecule has 0 fully saturated rings. The van der Waals surface area contributed by atoms with Crippen LogP contribution in [0.5, 0.6) is 5.75 Å². The lowest BCUT2D eigenvalue weighted by Crippen LogP contribution is -2.47. The van der Waals surface area contributed by atoms with Crippen LogP contribution < -0.4 is 9.64 Å². The Labute approximate surface area is 156 Å². The van der Waals surface area contributed by atoms with E-state index in [2.05, 4.69) is 0 Å². The van der Waals surface area contributed by atoms with Gasteiger partial charge in [0.05, 0.1) is 24.9 Å². The van der Waals surface area contributed by atoms with Gasteiger partial charge in [-0.15, -0.1) is 0 Å². The second kappa shape index (κ2) is 7.90. The summed E-state index contributed by atoms with van der Waals surface area (Å²) in [5, 5.41) is 9.27. The van der Waals surface area contributed by atoms with Crippen LogP contribution in [0.2, 0.25) is 0 Å². The summed E-state index contributed by atoms with van der Waals surface area (Å²) >= 11 is 0. The van der Waals surface area contributed by atoms with Crippen LogP contribution in [-0.4, -0.2) is 42.7 Å². The number of para-hydroxylation sites is 2. The quantitative estimate of drug-likeness (QED) is 0.813. The highest BCUT2D eigenvalue weighted by Gasteiger charge is 2.34. The summed E-state index contributed by atoms with van der Waals surface area (Å²) in [5.74, 6) is -1.38. The third-order valence-corrected chi connectivity index (χ3v) is 4.39. The molecule has 2 aromatic rings. The van der Waals surface area contributed by atoms with Crippen molar-refractivity contribution in [3.05, 3.63) is 59.7 Å². The van der Waals surface area contributed by atoms with Gasteiger partial charge in [-0.25, -0.2) is 9.59 Å². The highest BCUT2D eigenvalue weighted by Crippen LogP contribution is 2.34. The van der Waals surface area contributed by atoms with Crippen LogP contribution in [-0.2, 0) is 20.7 Å². The fourth-order valence-electron chi connectivity index (χ4n) is 3.05. The number of methoxy groups -OCH3 is 1. The Morgan fingerprint density at radius 3 is 2.59 bits per heavy atom. The van der Waals surface area contributed by atoms with E-state index in [0.717, 1.165) is 0 Å². The summed E-state index contributed by atoms with van der Waals surface area (Å²) in [5.41, 5.74) is 1.35. The molecular formula is C20H19NO6. The van der Waals surface area contributed by atoms with Gasteiger partial charge in [0.1, 0.15) is 5.75 Å². The fraction of sp³-hybridized carbons (Fsp3) is 0.250. The monoisotopic (exact) mass is 369 g/mol. The number of hydrogen-bond acceptors (Lipinski definition) is 5. The third-order valence-electron chi connectivity index (χ3n) is 4.39. The number of benzene rings is 2. The van der Waals surface area contributed by atoms with Crippen molar-refractivity contribution in [3.63, 3.8) is 0 Å². The average molecular weight is 369 g/mol. The summed E-state index contributed by atoms with van der Waals surface area (Å²) in [4.78, 5) is 37.5. The first kappa shape index (κ1) is 18.4. The maximum Gasteiger partial charge on any atom is 0.348 e. The first-order chi connectivity index (χ1) is 13.0. The van der Waals surface area contributed by atoms with Gasteiger partial charge in [0, 0.05) is 6.42 Å². The van der Waals surface area contributed by atoms with Crippen LogP contribution in [0.3, 0.4) is 0 Å². The number of carbonyl (C=O) groups excluding carboxylic acids is 2. The SMILES string of the molecule is COC(=O)C1CN(C(=O)CCc2ccccc2C(=O)O)c2ccccc2O1. The Balaban J connectivity index is 1.79. The lowest BCUT2D eigenvalue weighted by molar-refractivity contribution is -0.148. The molecule has 0 saturated heterocycles. The van der Waals surface area contributed by atoms with Gasteiger partial charge in [0.2, 0.25) is 12.0 Å². The minimum atomic E-state index is -1.03. The number of hydrogen-bond donors (Lipinski definition) is 1. The van der Waals surface area contributed by atoms with Gasteiger partial charge in [-0.3, -0.25) is 4.79 Å². The normalized spacial score (nSPS) is 15.4. The minimum absolute atomic E-state index is 0.0447. The molecule has 3 rings (SSSR count). The Bertz CT molecular complexity index is 878. The van der Waals surface area contributed by atoms with Crippen LogP contribution in [0.1, 0.15) is 22.3 Å². The highest BCUT2D eigenvalue weighted by molar-refractivity contribution is 5.97. The van der Waals surface area contributed by atoms with Gasteiger partial charge in [-0.05, 0) is 30.2 Å². The molecule has 0 aromatic heterocycles. The molecular weight excluding hydrogens is 350 g/mol. The van der Waals surface area contributed by atoms with E-state index in [4.69, 9.17) is 9.47 Å². The molecule has 1 aliphatic rings. The maximum absolute atomic E-state index is 12.8. The van der Waals surface area contributed by atoms with E-state index in [9.17, 15) is 19.5 Å². The average Bonchev–Trinajstić information content (AvgIpc) is 2.70. The summed E-state index contributed by atoms with van der Waals surface area (Å²) in [6.45, 7) is 0.0447. The van der Waals surface area contributed by atoms with Crippen LogP contribution in [0.4, 0.5) is 5.69 Å². The Hall–Kier alpha value is -3.35. The standard InChI is InChI=1S/C20H19NO6/c1-26-20(25)17-12-21(15-8-4-5-9-16(15)27-17)18(22)11-10-13-6-2-3-7-14(13)19(23)24/h2-9,17H,10-12H2,1H3,(H,23,24). The number of fused-ring (bicyclic) bond motifs is 1. The molecule has 1 N–H and O–H groups in total. The molecule has 1 unspecified atom stereocenters. The Morgan fingerprint density at radius 1 is 1.15 bits per heavy atom. The lowest BCUT2D eigenvalue weighted by atomic mass is 10.0. The van der Waals surface area contributed by atoms with Crippen molar-refractivity contribution >= 4 is 23.5 Å². The predicted molar refractivity (Wildman–Crippen MR) is 96.9 cm³/mol. The number of nitrogens with zero attached hydrogens (tertiary/aromatic N) is 1. The summed E-state index contributed by atoms with van der Waals surface area (Å²) in [7, 11) is 1.27.